The Bertz CT molecular complexity index is 419. The van der Waals surface area contributed by atoms with Gasteiger partial charge in [0.25, 0.3) is 0 Å². The van der Waals surface area contributed by atoms with E-state index in [1.54, 1.807) is 0 Å². The van der Waals surface area contributed by atoms with Crippen LogP contribution < -0.4 is 0 Å². The van der Waals surface area contributed by atoms with Gasteiger partial charge in [0.05, 0.1) is 6.61 Å². The number of rotatable bonds is 1. The normalized spacial score (nSPS) is 43.2. The minimum absolute atomic E-state index is 0.0502. The van der Waals surface area contributed by atoms with Crippen LogP contribution in [0.2, 0.25) is 0 Å². The van der Waals surface area contributed by atoms with Crippen molar-refractivity contribution in [2.24, 2.45) is 22.7 Å². The molecule has 0 heterocycles. The van der Waals surface area contributed by atoms with E-state index >= 15 is 0 Å². The smallest absolute Gasteiger partial charge is 0.162 e. The number of ketones is 1. The van der Waals surface area contributed by atoms with Crippen molar-refractivity contribution in [1.29, 1.82) is 0 Å². The van der Waals surface area contributed by atoms with Gasteiger partial charge in [-0.1, -0.05) is 26.3 Å². The van der Waals surface area contributed by atoms with Gasteiger partial charge in [0.1, 0.15) is 0 Å². The Kier molecular flexibility index (Phi) is 2.17. The summed E-state index contributed by atoms with van der Waals surface area (Å²) in [6, 6.07) is 0. The maximum Gasteiger partial charge on any atom is 0.162 e. The largest absolute Gasteiger partial charge is 0.392 e. The van der Waals surface area contributed by atoms with E-state index in [1.807, 2.05) is 0 Å². The van der Waals surface area contributed by atoms with Gasteiger partial charge in [-0.05, 0) is 36.5 Å². The molecule has 2 nitrogen and oxygen atoms in total. The first-order chi connectivity index (χ1) is 7.95. The van der Waals surface area contributed by atoms with Crippen molar-refractivity contribution in [3.05, 3.63) is 11.1 Å². The highest BCUT2D eigenvalue weighted by atomic mass is 16.3. The van der Waals surface area contributed by atoms with Gasteiger partial charge in [-0.15, -0.1) is 0 Å². The molecule has 17 heavy (non-hydrogen) atoms. The standard InChI is InChI=1S/C15H22O2/c1-9-4-5-10-6-12-11(8-16)13(17)7-15(9,12)14(10,2)3/h9-10,16H,4-8H2,1-3H3/t9-,10-,15+/m1/s1. The second-order valence-corrected chi connectivity index (χ2v) is 6.79. The predicted octanol–water partition coefficient (Wildman–Crippen LogP) is 2.71. The third-order valence-electron chi connectivity index (χ3n) is 6.25. The first-order valence-corrected chi connectivity index (χ1v) is 6.81. The Morgan fingerprint density at radius 1 is 1.35 bits per heavy atom. The highest BCUT2D eigenvalue weighted by molar-refractivity contribution is 6.00. The predicted molar refractivity (Wildman–Crippen MR) is 66.5 cm³/mol. The van der Waals surface area contributed by atoms with Crippen molar-refractivity contribution in [2.45, 2.75) is 46.5 Å². The number of aliphatic hydroxyl groups excluding tert-OH is 1. The SMILES string of the molecule is C[C@@H]1CC[C@@H]2CC3=C(CO)C(=O)C[C@@]31C2(C)C. The number of Topliss-reactive ketones (excluding diaryl/α,β-unsaturated/α-hetero) is 1. The van der Waals surface area contributed by atoms with Crippen LogP contribution in [0.5, 0.6) is 0 Å². The van der Waals surface area contributed by atoms with Gasteiger partial charge in [0, 0.05) is 17.4 Å². The zero-order chi connectivity index (χ0) is 12.4. The quantitative estimate of drug-likeness (QED) is 0.757. The monoisotopic (exact) mass is 234 g/mol. The highest BCUT2D eigenvalue weighted by Gasteiger charge is 2.65. The van der Waals surface area contributed by atoms with E-state index in [0.29, 0.717) is 18.3 Å². The lowest BCUT2D eigenvalue weighted by molar-refractivity contribution is -0.120. The summed E-state index contributed by atoms with van der Waals surface area (Å²) >= 11 is 0. The van der Waals surface area contributed by atoms with Crippen LogP contribution in [-0.2, 0) is 4.79 Å². The Hall–Kier alpha value is -0.630. The maximum atomic E-state index is 12.1. The summed E-state index contributed by atoms with van der Waals surface area (Å²) in [5.74, 6) is 1.50. The highest BCUT2D eigenvalue weighted by Crippen LogP contribution is 2.71. The number of allylic oxidation sites excluding steroid dienone is 1. The third-order valence-corrected chi connectivity index (χ3v) is 6.25. The lowest BCUT2D eigenvalue weighted by Gasteiger charge is -2.51. The number of carbonyl (C=O) groups excluding carboxylic acids is 1. The number of fused-ring (bicyclic) bond motifs is 1. The van der Waals surface area contributed by atoms with Crippen molar-refractivity contribution in [1.82, 2.24) is 0 Å². The number of aliphatic hydroxyl groups is 1. The maximum absolute atomic E-state index is 12.1. The lowest BCUT2D eigenvalue weighted by Crippen LogP contribution is -2.45. The van der Waals surface area contributed by atoms with Gasteiger partial charge in [0.15, 0.2) is 5.78 Å². The van der Waals surface area contributed by atoms with Gasteiger partial charge in [-0.2, -0.15) is 0 Å². The Morgan fingerprint density at radius 3 is 2.71 bits per heavy atom. The molecule has 0 saturated heterocycles. The molecule has 2 saturated carbocycles. The summed E-state index contributed by atoms with van der Waals surface area (Å²) in [4.78, 5) is 12.1. The zero-order valence-corrected chi connectivity index (χ0v) is 11.0. The van der Waals surface area contributed by atoms with Gasteiger partial charge < -0.3 is 5.11 Å². The van der Waals surface area contributed by atoms with Crippen molar-refractivity contribution in [3.8, 4) is 0 Å². The van der Waals surface area contributed by atoms with Crippen molar-refractivity contribution < 1.29 is 9.90 Å². The molecule has 2 fully saturated rings. The van der Waals surface area contributed by atoms with Gasteiger partial charge in [0.2, 0.25) is 0 Å². The van der Waals surface area contributed by atoms with Crippen LogP contribution in [0.25, 0.3) is 0 Å². The van der Waals surface area contributed by atoms with Crippen LogP contribution in [0, 0.1) is 22.7 Å². The minimum atomic E-state index is -0.0502. The molecule has 1 N–H and O–H groups in total. The molecule has 0 amide bonds. The summed E-state index contributed by atoms with van der Waals surface area (Å²) in [5, 5.41) is 9.48. The minimum Gasteiger partial charge on any atom is -0.392 e. The van der Waals surface area contributed by atoms with Crippen LogP contribution >= 0.6 is 0 Å². The molecule has 0 radical (unpaired) electrons. The Morgan fingerprint density at radius 2 is 2.06 bits per heavy atom. The van der Waals surface area contributed by atoms with Crippen LogP contribution in [0.4, 0.5) is 0 Å². The van der Waals surface area contributed by atoms with Crippen LogP contribution in [0.3, 0.4) is 0 Å². The molecular formula is C15H22O2. The molecule has 3 atom stereocenters. The molecular weight excluding hydrogens is 212 g/mol. The molecule has 3 aliphatic rings. The zero-order valence-electron chi connectivity index (χ0n) is 11.0. The molecule has 1 spiro atoms. The fourth-order valence-electron chi connectivity index (χ4n) is 5.14. The lowest BCUT2D eigenvalue weighted by atomic mass is 9.53. The molecule has 0 aromatic heterocycles. The fourth-order valence-corrected chi connectivity index (χ4v) is 5.14. The van der Waals surface area contributed by atoms with Crippen LogP contribution in [-0.4, -0.2) is 17.5 Å². The van der Waals surface area contributed by atoms with E-state index in [-0.39, 0.29) is 23.2 Å². The van der Waals surface area contributed by atoms with E-state index in [9.17, 15) is 9.90 Å². The van der Waals surface area contributed by atoms with E-state index in [4.69, 9.17) is 0 Å². The molecule has 94 valence electrons. The van der Waals surface area contributed by atoms with Crippen molar-refractivity contribution >= 4 is 5.78 Å². The van der Waals surface area contributed by atoms with Crippen LogP contribution in [0.1, 0.15) is 46.5 Å². The molecule has 2 bridgehead atoms. The van der Waals surface area contributed by atoms with E-state index in [2.05, 4.69) is 20.8 Å². The molecule has 0 unspecified atom stereocenters. The summed E-state index contributed by atoms with van der Waals surface area (Å²) < 4.78 is 0. The van der Waals surface area contributed by atoms with Crippen molar-refractivity contribution in [3.63, 3.8) is 0 Å². The number of hydrogen-bond donors (Lipinski definition) is 1. The van der Waals surface area contributed by atoms with E-state index in [0.717, 1.165) is 12.0 Å². The topological polar surface area (TPSA) is 37.3 Å². The molecule has 0 aliphatic heterocycles. The summed E-state index contributed by atoms with van der Waals surface area (Å²) in [6.07, 6.45) is 4.23. The molecule has 2 heteroatoms. The van der Waals surface area contributed by atoms with E-state index < -0.39 is 0 Å². The Labute approximate surface area is 103 Å². The average Bonchev–Trinajstić information content (AvgIpc) is 2.59. The number of carbonyl (C=O) groups is 1. The van der Waals surface area contributed by atoms with Crippen LogP contribution in [0.15, 0.2) is 11.1 Å². The molecule has 3 aliphatic carbocycles. The molecule has 3 rings (SSSR count). The van der Waals surface area contributed by atoms with E-state index in [1.165, 1.54) is 18.4 Å². The van der Waals surface area contributed by atoms with Gasteiger partial charge in [-0.3, -0.25) is 4.79 Å². The average molecular weight is 234 g/mol. The first kappa shape index (κ1) is 11.5. The van der Waals surface area contributed by atoms with Crippen molar-refractivity contribution in [2.75, 3.05) is 6.61 Å². The molecule has 0 aromatic carbocycles. The second-order valence-electron chi connectivity index (χ2n) is 6.79. The number of hydrogen-bond acceptors (Lipinski definition) is 2. The second kappa shape index (κ2) is 3.23. The summed E-state index contributed by atoms with van der Waals surface area (Å²) in [6.45, 7) is 6.93. The summed E-state index contributed by atoms with van der Waals surface area (Å²) in [7, 11) is 0. The Balaban J connectivity index is 2.22. The third kappa shape index (κ3) is 1.08. The first-order valence-electron chi connectivity index (χ1n) is 6.81. The summed E-state index contributed by atoms with van der Waals surface area (Å²) in [5.41, 5.74) is 2.39. The van der Waals surface area contributed by atoms with Gasteiger partial charge in [-0.25, -0.2) is 0 Å². The van der Waals surface area contributed by atoms with Gasteiger partial charge >= 0.3 is 0 Å². The fraction of sp³-hybridized carbons (Fsp3) is 0.800. The molecule has 0 aromatic rings.